The molecule has 1 heterocycles. The molecule has 3 N–H and O–H groups in total. The Hall–Kier alpha value is -0.910. The Labute approximate surface area is 107 Å². The second-order valence-corrected chi connectivity index (χ2v) is 5.45. The van der Waals surface area contributed by atoms with Crippen LogP contribution in [0.4, 0.5) is 0 Å². The van der Waals surface area contributed by atoms with Crippen LogP contribution in [0, 0.1) is 0 Å². The minimum atomic E-state index is -0.361. The van der Waals surface area contributed by atoms with Gasteiger partial charge in [-0.3, -0.25) is 4.79 Å². The van der Waals surface area contributed by atoms with Crippen molar-refractivity contribution in [1.82, 2.24) is 10.2 Å². The van der Waals surface area contributed by atoms with Crippen LogP contribution in [-0.2, 0) is 11.2 Å². The molecule has 1 aromatic heterocycles. The van der Waals surface area contributed by atoms with Gasteiger partial charge in [0, 0.05) is 22.8 Å². The molecule has 0 fully saturated rings. The van der Waals surface area contributed by atoms with Gasteiger partial charge in [0.25, 0.3) is 0 Å². The molecule has 0 aliphatic carbocycles. The molecule has 96 valence electrons. The highest BCUT2D eigenvalue weighted by atomic mass is 32.1. The number of carbonyl (C=O) groups is 1. The van der Waals surface area contributed by atoms with Crippen LogP contribution >= 0.6 is 11.3 Å². The maximum Gasteiger partial charge on any atom is 0.239 e. The first-order valence-electron chi connectivity index (χ1n) is 5.80. The van der Waals surface area contributed by atoms with Crippen molar-refractivity contribution in [3.8, 4) is 0 Å². The van der Waals surface area contributed by atoms with E-state index in [2.05, 4.69) is 23.2 Å². The molecule has 0 saturated carbocycles. The topological polar surface area (TPSA) is 58.4 Å². The van der Waals surface area contributed by atoms with Crippen LogP contribution in [-0.4, -0.2) is 38.0 Å². The number of aryl methyl sites for hydroxylation is 1. The highest BCUT2D eigenvalue weighted by Crippen LogP contribution is 2.23. The fourth-order valence-electron chi connectivity index (χ4n) is 1.51. The number of likely N-dealkylation sites (N-methyl/N-ethyl adjacent to an activating group) is 1. The van der Waals surface area contributed by atoms with Gasteiger partial charge in [-0.2, -0.15) is 0 Å². The minimum absolute atomic E-state index is 0.312. The molecule has 0 saturated heterocycles. The smallest absolute Gasteiger partial charge is 0.239 e. The van der Waals surface area contributed by atoms with E-state index in [9.17, 15) is 4.79 Å². The summed E-state index contributed by atoms with van der Waals surface area (Å²) in [4.78, 5) is 15.8. The molecular weight excluding hydrogens is 234 g/mol. The number of thiophene rings is 1. The highest BCUT2D eigenvalue weighted by molar-refractivity contribution is 7.12. The third kappa shape index (κ3) is 4.46. The lowest BCUT2D eigenvalue weighted by Crippen LogP contribution is -2.36. The van der Waals surface area contributed by atoms with Gasteiger partial charge in [0.2, 0.25) is 5.91 Å². The first kappa shape index (κ1) is 14.2. The second-order valence-electron chi connectivity index (χ2n) is 4.25. The largest absolute Gasteiger partial charge is 0.368 e. The highest BCUT2D eigenvalue weighted by Gasteiger charge is 2.18. The van der Waals surface area contributed by atoms with Crippen molar-refractivity contribution in [2.24, 2.45) is 5.73 Å². The average Bonchev–Trinajstić information content (AvgIpc) is 2.71. The van der Waals surface area contributed by atoms with E-state index >= 15 is 0 Å². The number of carbonyl (C=O) groups excluding carboxylic acids is 1. The van der Waals surface area contributed by atoms with Gasteiger partial charge in [0.1, 0.15) is 6.04 Å². The molecule has 1 aromatic rings. The quantitative estimate of drug-likeness (QED) is 0.764. The van der Waals surface area contributed by atoms with Crippen molar-refractivity contribution in [2.45, 2.75) is 19.4 Å². The molecule has 0 spiro atoms. The lowest BCUT2D eigenvalue weighted by molar-refractivity contribution is -0.120. The zero-order chi connectivity index (χ0) is 12.8. The Balaban J connectivity index is 2.62. The molecule has 0 bridgehead atoms. The lowest BCUT2D eigenvalue weighted by Gasteiger charge is -2.16. The van der Waals surface area contributed by atoms with E-state index in [1.807, 2.05) is 20.2 Å². The fraction of sp³-hybridized carbons (Fsp3) is 0.583. The molecule has 5 heteroatoms. The molecule has 0 aliphatic rings. The zero-order valence-corrected chi connectivity index (χ0v) is 11.5. The maximum absolute atomic E-state index is 11.4. The normalized spacial score (nSPS) is 12.9. The van der Waals surface area contributed by atoms with Crippen molar-refractivity contribution in [2.75, 3.05) is 27.2 Å². The van der Waals surface area contributed by atoms with Gasteiger partial charge in [-0.25, -0.2) is 0 Å². The predicted molar refractivity (Wildman–Crippen MR) is 72.2 cm³/mol. The summed E-state index contributed by atoms with van der Waals surface area (Å²) in [6, 6.07) is 3.69. The van der Waals surface area contributed by atoms with Crippen molar-refractivity contribution >= 4 is 17.2 Å². The summed E-state index contributed by atoms with van der Waals surface area (Å²) in [6.45, 7) is 3.74. The summed E-state index contributed by atoms with van der Waals surface area (Å²) in [6.07, 6.45) is 0.994. The van der Waals surface area contributed by atoms with E-state index in [-0.39, 0.29) is 11.9 Å². The SMILES string of the molecule is CCc1ccc(C(NCCN(C)C)C(N)=O)s1. The lowest BCUT2D eigenvalue weighted by atomic mass is 10.2. The Bertz CT molecular complexity index is 362. The summed E-state index contributed by atoms with van der Waals surface area (Å²) in [5, 5.41) is 3.20. The van der Waals surface area contributed by atoms with E-state index in [0.29, 0.717) is 0 Å². The molecule has 1 amide bonds. The third-order valence-corrected chi connectivity index (χ3v) is 3.80. The Kier molecular flexibility index (Phi) is 5.61. The van der Waals surface area contributed by atoms with E-state index in [1.54, 1.807) is 11.3 Å². The summed E-state index contributed by atoms with van der Waals surface area (Å²) >= 11 is 1.65. The van der Waals surface area contributed by atoms with Gasteiger partial charge < -0.3 is 16.0 Å². The third-order valence-electron chi connectivity index (χ3n) is 2.51. The van der Waals surface area contributed by atoms with Crippen LogP contribution in [0.1, 0.15) is 22.7 Å². The van der Waals surface area contributed by atoms with Gasteiger partial charge in [-0.15, -0.1) is 11.3 Å². The van der Waals surface area contributed by atoms with Crippen molar-refractivity contribution < 1.29 is 4.79 Å². The number of nitrogens with zero attached hydrogens (tertiary/aromatic N) is 1. The Morgan fingerprint density at radius 1 is 1.53 bits per heavy atom. The second kappa shape index (κ2) is 6.74. The molecule has 1 rings (SSSR count). The van der Waals surface area contributed by atoms with Crippen LogP contribution < -0.4 is 11.1 Å². The van der Waals surface area contributed by atoms with Crippen LogP contribution in [0.25, 0.3) is 0 Å². The summed E-state index contributed by atoms with van der Waals surface area (Å²) in [5.41, 5.74) is 5.43. The first-order chi connectivity index (χ1) is 8.04. The number of nitrogens with one attached hydrogen (secondary N) is 1. The number of hydrogen-bond donors (Lipinski definition) is 2. The van der Waals surface area contributed by atoms with E-state index in [4.69, 9.17) is 5.73 Å². The molecule has 17 heavy (non-hydrogen) atoms. The fourth-order valence-corrected chi connectivity index (χ4v) is 2.55. The summed E-state index contributed by atoms with van der Waals surface area (Å²) in [7, 11) is 4.00. The Morgan fingerprint density at radius 3 is 2.71 bits per heavy atom. The number of hydrogen-bond acceptors (Lipinski definition) is 4. The zero-order valence-electron chi connectivity index (χ0n) is 10.7. The Morgan fingerprint density at radius 2 is 2.24 bits per heavy atom. The molecule has 0 radical (unpaired) electrons. The predicted octanol–water partition coefficient (Wildman–Crippen LogP) is 0.988. The molecule has 0 aliphatic heterocycles. The molecule has 1 unspecified atom stereocenters. The van der Waals surface area contributed by atoms with E-state index < -0.39 is 0 Å². The molecule has 0 aromatic carbocycles. The monoisotopic (exact) mass is 255 g/mol. The number of nitrogens with two attached hydrogens (primary N) is 1. The van der Waals surface area contributed by atoms with Crippen molar-refractivity contribution in [3.05, 3.63) is 21.9 Å². The average molecular weight is 255 g/mol. The molecule has 4 nitrogen and oxygen atoms in total. The van der Waals surface area contributed by atoms with Gasteiger partial charge in [0.05, 0.1) is 0 Å². The van der Waals surface area contributed by atoms with Crippen LogP contribution in [0.5, 0.6) is 0 Å². The molecule has 1 atom stereocenters. The number of primary amides is 1. The van der Waals surface area contributed by atoms with Gasteiger partial charge >= 0.3 is 0 Å². The van der Waals surface area contributed by atoms with Gasteiger partial charge in [-0.1, -0.05) is 6.92 Å². The number of rotatable bonds is 7. The van der Waals surface area contributed by atoms with Gasteiger partial charge in [0.15, 0.2) is 0 Å². The van der Waals surface area contributed by atoms with Crippen LogP contribution in [0.3, 0.4) is 0 Å². The summed E-state index contributed by atoms with van der Waals surface area (Å²) in [5.74, 6) is -0.312. The standard InChI is InChI=1S/C12H21N3OS/c1-4-9-5-6-10(17-9)11(12(13)16)14-7-8-15(2)3/h5-6,11,14H,4,7-8H2,1-3H3,(H2,13,16). The van der Waals surface area contributed by atoms with E-state index in [1.165, 1.54) is 4.88 Å². The van der Waals surface area contributed by atoms with Crippen LogP contribution in [0.15, 0.2) is 12.1 Å². The van der Waals surface area contributed by atoms with Crippen LogP contribution in [0.2, 0.25) is 0 Å². The van der Waals surface area contributed by atoms with Crippen molar-refractivity contribution in [3.63, 3.8) is 0 Å². The molecular formula is C12H21N3OS. The maximum atomic E-state index is 11.4. The van der Waals surface area contributed by atoms with Gasteiger partial charge in [-0.05, 0) is 32.6 Å². The number of amides is 1. The first-order valence-corrected chi connectivity index (χ1v) is 6.62. The van der Waals surface area contributed by atoms with Crippen molar-refractivity contribution in [1.29, 1.82) is 0 Å². The van der Waals surface area contributed by atoms with E-state index in [0.717, 1.165) is 24.4 Å². The minimum Gasteiger partial charge on any atom is -0.368 e. The summed E-state index contributed by atoms with van der Waals surface area (Å²) < 4.78 is 0.